The highest BCUT2D eigenvalue weighted by molar-refractivity contribution is 5.97. The number of aliphatic carboxylic acids is 1. The quantitative estimate of drug-likeness (QED) is 0.0397. The number of nitrogens with zero attached hydrogens (tertiary/aromatic N) is 1. The van der Waals surface area contributed by atoms with Gasteiger partial charge in [0.15, 0.2) is 5.96 Å². The normalized spacial score (nSPS) is 15.2. The van der Waals surface area contributed by atoms with E-state index in [0.29, 0.717) is 6.42 Å². The molecule has 0 aliphatic carbocycles. The topological polar surface area (TPSA) is 309 Å². The van der Waals surface area contributed by atoms with Crippen molar-refractivity contribution < 1.29 is 39.0 Å². The number of carboxylic acids is 1. The molecule has 0 saturated carbocycles. The molecule has 18 heteroatoms. The number of carbonyl (C=O) groups excluding carboxylic acids is 5. The zero-order valence-corrected chi connectivity index (χ0v) is 31.8. The van der Waals surface area contributed by atoms with Gasteiger partial charge in [-0.1, -0.05) is 45.9 Å². The number of aliphatic hydroxyl groups excluding tert-OH is 1. The van der Waals surface area contributed by atoms with Crippen LogP contribution in [0.5, 0.6) is 0 Å². The Labute approximate surface area is 315 Å². The van der Waals surface area contributed by atoms with Gasteiger partial charge in [0.25, 0.3) is 0 Å². The second kappa shape index (κ2) is 21.5. The van der Waals surface area contributed by atoms with Crippen LogP contribution < -0.4 is 43.8 Å². The minimum absolute atomic E-state index is 0.0556. The van der Waals surface area contributed by atoms with Gasteiger partial charge in [0.1, 0.15) is 30.2 Å². The Balaban J connectivity index is 2.34. The maximum atomic E-state index is 14.0. The van der Waals surface area contributed by atoms with Gasteiger partial charge in [0, 0.05) is 30.1 Å². The summed E-state index contributed by atoms with van der Waals surface area (Å²) in [5.41, 5.74) is 18.5. The van der Waals surface area contributed by atoms with Gasteiger partial charge in [-0.3, -0.25) is 33.8 Å². The second-order valence-corrected chi connectivity index (χ2v) is 14.4. The molecule has 1 aromatic heterocycles. The number of hydrogen-bond acceptors (Lipinski definition) is 9. The summed E-state index contributed by atoms with van der Waals surface area (Å²) in [4.78, 5) is 85.8. The van der Waals surface area contributed by atoms with E-state index in [1.54, 1.807) is 6.20 Å². The zero-order valence-electron chi connectivity index (χ0n) is 31.8. The Morgan fingerprint density at radius 2 is 1.30 bits per heavy atom. The Morgan fingerprint density at radius 3 is 1.83 bits per heavy atom. The van der Waals surface area contributed by atoms with Gasteiger partial charge in [-0.05, 0) is 63.0 Å². The average molecular weight is 759 g/mol. The molecule has 0 aliphatic heterocycles. The largest absolute Gasteiger partial charge is 0.480 e. The van der Waals surface area contributed by atoms with E-state index < -0.39 is 77.9 Å². The van der Waals surface area contributed by atoms with Crippen molar-refractivity contribution in [2.24, 2.45) is 34.0 Å². The first-order chi connectivity index (χ1) is 25.3. The number of hydrogen-bond donors (Lipinski definition) is 11. The molecule has 0 bridgehead atoms. The molecule has 18 nitrogen and oxygen atoms in total. The predicted octanol–water partition coefficient (Wildman–Crippen LogP) is -0.907. The van der Waals surface area contributed by atoms with E-state index in [1.807, 2.05) is 52.0 Å². The number of aromatic amines is 1. The van der Waals surface area contributed by atoms with E-state index in [2.05, 4.69) is 36.6 Å². The van der Waals surface area contributed by atoms with Crippen molar-refractivity contribution >= 4 is 52.4 Å². The van der Waals surface area contributed by atoms with Gasteiger partial charge < -0.3 is 59.0 Å². The summed E-state index contributed by atoms with van der Waals surface area (Å²) >= 11 is 0. The third-order valence-electron chi connectivity index (χ3n) is 8.51. The van der Waals surface area contributed by atoms with Crippen molar-refractivity contribution in [2.45, 2.75) is 116 Å². The number of para-hydroxylation sites is 1. The third-order valence-corrected chi connectivity index (χ3v) is 8.51. The van der Waals surface area contributed by atoms with Crippen LogP contribution in [-0.4, -0.2) is 106 Å². The number of amides is 5. The standard InChI is InChI=1S/C36H58N10O8/c1-18(2)14-26(31(49)45-27(15-19(3)4)33(51)46-29(21(6)47)34(52)42-20(5)35(53)54)44-32(50)28(16-22-17-41-25-12-8-7-10-23(22)25)43-30(48)24(37)11-9-13-40-36(38)39/h7-8,10,12,17-21,24,26-29,41,47H,9,11,13-16,37H2,1-6H3,(H,42,52)(H,43,48)(H,44,50)(H,45,49)(H,46,51)(H,53,54)(H4,38,39,40)/t20-,21+,24-,26-,27-,28-,29-/m0/s1. The number of nitrogens with one attached hydrogen (secondary N) is 6. The lowest BCUT2D eigenvalue weighted by molar-refractivity contribution is -0.142. The second-order valence-electron chi connectivity index (χ2n) is 14.4. The summed E-state index contributed by atoms with van der Waals surface area (Å²) in [7, 11) is 0. The summed E-state index contributed by atoms with van der Waals surface area (Å²) in [6, 6.07) is 0.145. The van der Waals surface area contributed by atoms with E-state index >= 15 is 0 Å². The first-order valence-electron chi connectivity index (χ1n) is 18.1. The minimum atomic E-state index is -1.52. The lowest BCUT2D eigenvalue weighted by Gasteiger charge is -2.29. The van der Waals surface area contributed by atoms with Gasteiger partial charge in [-0.15, -0.1) is 0 Å². The lowest BCUT2D eigenvalue weighted by atomic mass is 9.98. The Hall–Kier alpha value is -5.23. The molecule has 2 aromatic rings. The van der Waals surface area contributed by atoms with Crippen molar-refractivity contribution in [3.8, 4) is 0 Å². The van der Waals surface area contributed by atoms with Gasteiger partial charge in [-0.2, -0.15) is 0 Å². The average Bonchev–Trinajstić information content (AvgIpc) is 3.49. The van der Waals surface area contributed by atoms with Crippen molar-refractivity contribution in [1.82, 2.24) is 31.6 Å². The van der Waals surface area contributed by atoms with Crippen LogP contribution >= 0.6 is 0 Å². The molecule has 0 radical (unpaired) electrons. The SMILES string of the molecule is CC(C)C[C@H](NC(=O)[C@H](Cc1c[nH]c2ccccc12)NC(=O)[C@@H](N)CCCN=C(N)N)C(=O)N[C@@H](CC(C)C)C(=O)N[C@H](C(=O)N[C@@H](C)C(=O)O)[C@@H](C)O. The molecule has 7 atom stereocenters. The fourth-order valence-electron chi connectivity index (χ4n) is 5.63. The number of carbonyl (C=O) groups is 6. The van der Waals surface area contributed by atoms with Crippen LogP contribution in [0, 0.1) is 11.8 Å². The first kappa shape index (κ1) is 44.9. The highest BCUT2D eigenvalue weighted by atomic mass is 16.4. The van der Waals surface area contributed by atoms with E-state index in [1.165, 1.54) is 13.8 Å². The molecule has 1 aromatic carbocycles. The highest BCUT2D eigenvalue weighted by Crippen LogP contribution is 2.20. The molecule has 0 spiro atoms. The van der Waals surface area contributed by atoms with Crippen LogP contribution in [0.2, 0.25) is 0 Å². The molecule has 5 amide bonds. The van der Waals surface area contributed by atoms with E-state index in [0.717, 1.165) is 16.5 Å². The van der Waals surface area contributed by atoms with Crippen LogP contribution in [0.1, 0.15) is 72.8 Å². The molecule has 0 fully saturated rings. The van der Waals surface area contributed by atoms with Gasteiger partial charge in [-0.25, -0.2) is 0 Å². The molecule has 0 aliphatic rings. The third kappa shape index (κ3) is 14.7. The van der Waals surface area contributed by atoms with Crippen LogP contribution in [0.25, 0.3) is 10.9 Å². The van der Waals surface area contributed by atoms with Crippen molar-refractivity contribution in [2.75, 3.05) is 6.54 Å². The Bertz CT molecular complexity index is 1620. The van der Waals surface area contributed by atoms with E-state index in [4.69, 9.17) is 17.2 Å². The number of aliphatic hydroxyl groups is 1. The number of benzene rings is 1. The smallest absolute Gasteiger partial charge is 0.325 e. The molecule has 14 N–H and O–H groups in total. The van der Waals surface area contributed by atoms with Crippen molar-refractivity contribution in [1.29, 1.82) is 0 Å². The number of nitrogens with two attached hydrogens (primary N) is 3. The summed E-state index contributed by atoms with van der Waals surface area (Å²) in [6.45, 7) is 10.1. The number of aromatic nitrogens is 1. The van der Waals surface area contributed by atoms with Crippen LogP contribution in [0.4, 0.5) is 0 Å². The maximum Gasteiger partial charge on any atom is 0.325 e. The van der Waals surface area contributed by atoms with Gasteiger partial charge in [0.05, 0.1) is 12.1 Å². The molecule has 1 heterocycles. The maximum absolute atomic E-state index is 14.0. The zero-order chi connectivity index (χ0) is 40.7. The van der Waals surface area contributed by atoms with Crippen LogP contribution in [-0.2, 0) is 35.2 Å². The summed E-state index contributed by atoms with van der Waals surface area (Å²) in [5, 5.41) is 33.1. The van der Waals surface area contributed by atoms with Crippen molar-refractivity contribution in [3.05, 3.63) is 36.0 Å². The minimum Gasteiger partial charge on any atom is -0.480 e. The first-order valence-corrected chi connectivity index (χ1v) is 18.1. The molecular formula is C36H58N10O8. The molecular weight excluding hydrogens is 700 g/mol. The number of H-pyrrole nitrogens is 1. The van der Waals surface area contributed by atoms with E-state index in [9.17, 15) is 39.0 Å². The summed E-state index contributed by atoms with van der Waals surface area (Å²) in [6.07, 6.45) is 1.32. The van der Waals surface area contributed by atoms with Crippen molar-refractivity contribution in [3.63, 3.8) is 0 Å². The fraction of sp³-hybridized carbons (Fsp3) is 0.583. The number of rotatable bonds is 22. The van der Waals surface area contributed by atoms with Gasteiger partial charge in [0.2, 0.25) is 29.5 Å². The number of aliphatic imine (C=N–C) groups is 1. The monoisotopic (exact) mass is 758 g/mol. The molecule has 54 heavy (non-hydrogen) atoms. The summed E-state index contributed by atoms with van der Waals surface area (Å²) in [5.74, 6) is -5.28. The highest BCUT2D eigenvalue weighted by Gasteiger charge is 2.34. The van der Waals surface area contributed by atoms with Crippen LogP contribution in [0.3, 0.4) is 0 Å². The van der Waals surface area contributed by atoms with Crippen LogP contribution in [0.15, 0.2) is 35.5 Å². The number of guanidine groups is 1. The predicted molar refractivity (Wildman–Crippen MR) is 203 cm³/mol. The van der Waals surface area contributed by atoms with E-state index in [-0.39, 0.29) is 50.0 Å². The van der Waals surface area contributed by atoms with Gasteiger partial charge >= 0.3 is 5.97 Å². The Morgan fingerprint density at radius 1 is 0.759 bits per heavy atom. The molecule has 0 saturated heterocycles. The molecule has 0 unspecified atom stereocenters. The Kier molecular flexibility index (Phi) is 17.9. The lowest BCUT2D eigenvalue weighted by Crippen LogP contribution is -2.61. The number of fused-ring (bicyclic) bond motifs is 1. The molecule has 2 rings (SSSR count). The molecule has 300 valence electrons. The number of carboxylic acid groups (broad SMARTS) is 1. The summed E-state index contributed by atoms with van der Waals surface area (Å²) < 4.78 is 0. The fourth-order valence-corrected chi connectivity index (χ4v) is 5.63.